The molecule has 0 bridgehead atoms. The van der Waals surface area contributed by atoms with Crippen molar-refractivity contribution in [3.05, 3.63) is 39.7 Å². The second-order valence-corrected chi connectivity index (χ2v) is 6.25. The van der Waals surface area contributed by atoms with Gasteiger partial charge in [0.25, 0.3) is 11.9 Å². The molecule has 1 aliphatic rings. The van der Waals surface area contributed by atoms with E-state index in [-0.39, 0.29) is 17.5 Å². The fourth-order valence-corrected chi connectivity index (χ4v) is 2.83. The quantitative estimate of drug-likeness (QED) is 0.699. The third-order valence-corrected chi connectivity index (χ3v) is 4.06. The van der Waals surface area contributed by atoms with Gasteiger partial charge in [0.15, 0.2) is 11.6 Å². The molecule has 0 amide bonds. The van der Waals surface area contributed by atoms with Gasteiger partial charge in [0.2, 0.25) is 11.2 Å². The second kappa shape index (κ2) is 7.53. The van der Waals surface area contributed by atoms with Crippen LogP contribution in [0.5, 0.6) is 5.75 Å². The molecule has 9 nitrogen and oxygen atoms in total. The summed E-state index contributed by atoms with van der Waals surface area (Å²) in [6.45, 7) is 3.60. The van der Waals surface area contributed by atoms with E-state index in [2.05, 4.69) is 9.31 Å². The topological polar surface area (TPSA) is 110 Å². The average Bonchev–Trinajstić information content (AvgIpc) is 2.61. The summed E-state index contributed by atoms with van der Waals surface area (Å²) >= 11 is 0. The van der Waals surface area contributed by atoms with Gasteiger partial charge in [-0.15, -0.1) is 0 Å². The monoisotopic (exact) mass is 409 g/mol. The van der Waals surface area contributed by atoms with E-state index >= 15 is 0 Å². The predicted octanol–water partition coefficient (Wildman–Crippen LogP) is 1.50. The Balaban J connectivity index is 2.11. The second-order valence-electron chi connectivity index (χ2n) is 6.25. The zero-order valence-corrected chi connectivity index (χ0v) is 15.5. The average molecular weight is 409 g/mol. The van der Waals surface area contributed by atoms with Crippen LogP contribution in [0.15, 0.2) is 17.1 Å². The summed E-state index contributed by atoms with van der Waals surface area (Å²) in [7, 11) is -2.02. The summed E-state index contributed by atoms with van der Waals surface area (Å²) in [5, 5.41) is -0.309. The highest BCUT2D eigenvalue weighted by Gasteiger charge is 2.36. The van der Waals surface area contributed by atoms with Crippen LogP contribution in [0.4, 0.5) is 8.78 Å². The standard InChI is InChI=1S/C17H14BF2NO8/c1-7-6-26-16-13(20)12(19)4-10-14(16)21(7)5-11(15(10)24)17(25)29-18(27-8(2)22)28-9(3)23/h4-5,7H,6H2,1-3H3. The molecular weight excluding hydrogens is 395 g/mol. The summed E-state index contributed by atoms with van der Waals surface area (Å²) in [6, 6.07) is 0.223. The van der Waals surface area contributed by atoms with Gasteiger partial charge in [-0.1, -0.05) is 0 Å². The fourth-order valence-electron chi connectivity index (χ4n) is 2.83. The number of nitrogens with zero attached hydrogens (tertiary/aromatic N) is 1. The Morgan fingerprint density at radius 3 is 2.38 bits per heavy atom. The number of rotatable bonds is 4. The summed E-state index contributed by atoms with van der Waals surface area (Å²) in [4.78, 5) is 47.4. The van der Waals surface area contributed by atoms with Crippen molar-refractivity contribution in [3.8, 4) is 5.75 Å². The highest BCUT2D eigenvalue weighted by Crippen LogP contribution is 2.35. The first-order valence-electron chi connectivity index (χ1n) is 8.35. The first-order valence-corrected chi connectivity index (χ1v) is 8.35. The number of carbonyl (C=O) groups is 3. The van der Waals surface area contributed by atoms with E-state index in [4.69, 9.17) is 9.39 Å². The van der Waals surface area contributed by atoms with Crippen LogP contribution in [0.3, 0.4) is 0 Å². The Kier molecular flexibility index (Phi) is 5.27. The Morgan fingerprint density at radius 1 is 1.17 bits per heavy atom. The lowest BCUT2D eigenvalue weighted by atomic mass is 10.1. The molecule has 1 aromatic heterocycles. The molecule has 0 aliphatic carbocycles. The number of pyridine rings is 1. The van der Waals surface area contributed by atoms with Crippen LogP contribution in [0.1, 0.15) is 37.2 Å². The van der Waals surface area contributed by atoms with E-state index in [1.54, 1.807) is 6.92 Å². The molecule has 0 saturated carbocycles. The Hall–Kier alpha value is -3.44. The zero-order valence-electron chi connectivity index (χ0n) is 15.5. The van der Waals surface area contributed by atoms with Gasteiger partial charge in [-0.3, -0.25) is 14.4 Å². The van der Waals surface area contributed by atoms with Gasteiger partial charge in [0, 0.05) is 20.0 Å². The number of carbonyl (C=O) groups excluding carboxylic acids is 3. The maximum absolute atomic E-state index is 14.1. The van der Waals surface area contributed by atoms with Crippen LogP contribution in [-0.2, 0) is 23.6 Å². The third kappa shape index (κ3) is 3.77. The zero-order chi connectivity index (χ0) is 21.5. The van der Waals surface area contributed by atoms with Crippen LogP contribution >= 0.6 is 0 Å². The number of benzene rings is 1. The lowest BCUT2D eigenvalue weighted by molar-refractivity contribution is -0.139. The molecule has 1 aliphatic heterocycles. The SMILES string of the molecule is CC(=O)OB(OC(C)=O)OC(=O)c1cn2c3c(c(F)c(F)cc3c1=O)OCC2C. The van der Waals surface area contributed by atoms with Crippen molar-refractivity contribution in [3.63, 3.8) is 0 Å². The van der Waals surface area contributed by atoms with Gasteiger partial charge < -0.3 is 23.3 Å². The van der Waals surface area contributed by atoms with E-state index in [1.165, 1.54) is 4.57 Å². The van der Waals surface area contributed by atoms with Crippen molar-refractivity contribution in [1.82, 2.24) is 4.57 Å². The van der Waals surface area contributed by atoms with Crippen molar-refractivity contribution in [2.45, 2.75) is 26.8 Å². The lowest BCUT2D eigenvalue weighted by Crippen LogP contribution is -2.35. The lowest BCUT2D eigenvalue weighted by Gasteiger charge is -2.27. The van der Waals surface area contributed by atoms with Gasteiger partial charge in [0.1, 0.15) is 12.2 Å². The van der Waals surface area contributed by atoms with Crippen molar-refractivity contribution in [2.75, 3.05) is 6.61 Å². The molecular formula is C17H14BF2NO8. The van der Waals surface area contributed by atoms with Gasteiger partial charge in [-0.05, 0) is 13.0 Å². The molecule has 29 heavy (non-hydrogen) atoms. The van der Waals surface area contributed by atoms with Crippen LogP contribution in [0.25, 0.3) is 10.9 Å². The van der Waals surface area contributed by atoms with Crippen LogP contribution < -0.4 is 10.2 Å². The first-order chi connectivity index (χ1) is 13.6. The molecule has 0 N–H and O–H groups in total. The Labute approximate surface area is 162 Å². The molecule has 0 fully saturated rings. The molecule has 0 spiro atoms. The molecule has 3 rings (SSSR count). The number of hydrogen-bond acceptors (Lipinski definition) is 8. The summed E-state index contributed by atoms with van der Waals surface area (Å²) in [5.41, 5.74) is -1.54. The van der Waals surface area contributed by atoms with Crippen molar-refractivity contribution < 1.29 is 41.9 Å². The highest BCUT2D eigenvalue weighted by molar-refractivity contribution is 6.44. The summed E-state index contributed by atoms with van der Waals surface area (Å²) in [5.74, 6) is -6.14. The van der Waals surface area contributed by atoms with E-state index in [1.807, 2.05) is 0 Å². The van der Waals surface area contributed by atoms with Crippen LogP contribution in [0, 0.1) is 11.6 Å². The van der Waals surface area contributed by atoms with Gasteiger partial charge >= 0.3 is 13.3 Å². The largest absolute Gasteiger partial charge is 0.870 e. The maximum Gasteiger partial charge on any atom is 0.870 e. The smallest absolute Gasteiger partial charge is 0.486 e. The molecule has 0 saturated heterocycles. The number of aromatic nitrogens is 1. The molecule has 12 heteroatoms. The molecule has 152 valence electrons. The molecule has 1 unspecified atom stereocenters. The maximum atomic E-state index is 14.1. The summed E-state index contributed by atoms with van der Waals surface area (Å²) in [6.07, 6.45) is 1.10. The van der Waals surface area contributed by atoms with E-state index < -0.39 is 59.6 Å². The van der Waals surface area contributed by atoms with Crippen LogP contribution in [-0.4, -0.2) is 36.4 Å². The normalized spacial score (nSPS) is 14.7. The molecule has 2 heterocycles. The van der Waals surface area contributed by atoms with E-state index in [0.29, 0.717) is 6.07 Å². The van der Waals surface area contributed by atoms with Crippen LogP contribution in [0.2, 0.25) is 0 Å². The van der Waals surface area contributed by atoms with Crippen molar-refractivity contribution >= 4 is 36.1 Å². The number of halogens is 2. The van der Waals surface area contributed by atoms with E-state index in [0.717, 1.165) is 20.0 Å². The molecule has 2 aromatic rings. The van der Waals surface area contributed by atoms with Crippen molar-refractivity contribution in [2.24, 2.45) is 0 Å². The minimum absolute atomic E-state index is 0.0132. The highest BCUT2D eigenvalue weighted by atomic mass is 19.2. The van der Waals surface area contributed by atoms with Gasteiger partial charge in [-0.25, -0.2) is 9.18 Å². The van der Waals surface area contributed by atoms with Gasteiger partial charge in [0.05, 0.1) is 16.9 Å². The first kappa shape index (κ1) is 20.3. The van der Waals surface area contributed by atoms with Gasteiger partial charge in [-0.2, -0.15) is 4.39 Å². The third-order valence-electron chi connectivity index (χ3n) is 4.06. The summed E-state index contributed by atoms with van der Waals surface area (Å²) < 4.78 is 48.5. The van der Waals surface area contributed by atoms with Crippen molar-refractivity contribution in [1.29, 1.82) is 0 Å². The predicted molar refractivity (Wildman–Crippen MR) is 93.0 cm³/mol. The van der Waals surface area contributed by atoms with E-state index in [9.17, 15) is 28.0 Å². The minimum Gasteiger partial charge on any atom is -0.486 e. The fraction of sp³-hybridized carbons (Fsp3) is 0.294. The molecule has 0 radical (unpaired) electrons. The number of hydrogen-bond donors (Lipinski definition) is 0. The number of ether oxygens (including phenoxy) is 1. The minimum atomic E-state index is -2.02. The Morgan fingerprint density at radius 2 is 1.79 bits per heavy atom. The molecule has 1 atom stereocenters. The Bertz CT molecular complexity index is 1080. The molecule has 1 aromatic carbocycles.